The lowest BCUT2D eigenvalue weighted by molar-refractivity contribution is -0.120. The fourth-order valence-electron chi connectivity index (χ4n) is 4.28. The van der Waals surface area contributed by atoms with E-state index in [9.17, 15) is 9.59 Å². The third-order valence-corrected chi connectivity index (χ3v) is 6.44. The van der Waals surface area contributed by atoms with Gasteiger partial charge in [0.15, 0.2) is 0 Å². The van der Waals surface area contributed by atoms with Gasteiger partial charge in [-0.05, 0) is 62.8 Å². The van der Waals surface area contributed by atoms with E-state index in [1.165, 1.54) is 4.90 Å². The number of amides is 2. The summed E-state index contributed by atoms with van der Waals surface area (Å²) in [5, 5.41) is 0.362. The van der Waals surface area contributed by atoms with E-state index in [4.69, 9.17) is 16.3 Å². The molecule has 0 N–H and O–H groups in total. The number of ether oxygens (including phenoxy) is 1. The number of benzene rings is 2. The third kappa shape index (κ3) is 3.93. The maximum absolute atomic E-state index is 13.6. The zero-order chi connectivity index (χ0) is 22.1. The summed E-state index contributed by atoms with van der Waals surface area (Å²) in [7, 11) is 5.61. The van der Waals surface area contributed by atoms with Gasteiger partial charge in [-0.15, -0.1) is 0 Å². The van der Waals surface area contributed by atoms with E-state index < -0.39 is 0 Å². The number of para-hydroxylation sites is 1. The van der Waals surface area contributed by atoms with Gasteiger partial charge < -0.3 is 14.5 Å². The molecule has 2 aromatic rings. The molecular weight excluding hydrogens is 414 g/mol. The van der Waals surface area contributed by atoms with E-state index in [2.05, 4.69) is 11.9 Å². The molecule has 0 spiro atoms. The molecule has 31 heavy (non-hydrogen) atoms. The van der Waals surface area contributed by atoms with Gasteiger partial charge in [-0.2, -0.15) is 0 Å². The molecule has 0 saturated carbocycles. The molecule has 2 amide bonds. The summed E-state index contributed by atoms with van der Waals surface area (Å²) in [5.74, 6) is -0.0160. The van der Waals surface area contributed by atoms with Crippen LogP contribution in [0.5, 0.6) is 5.75 Å². The molecule has 0 radical (unpaired) electrons. The third-order valence-electron chi connectivity index (χ3n) is 6.12. The summed E-state index contributed by atoms with van der Waals surface area (Å²) in [6.07, 6.45) is 1.86. The highest BCUT2D eigenvalue weighted by molar-refractivity contribution is 6.47. The number of carbonyl (C=O) groups excluding carboxylic acids is 2. The normalized spacial score (nSPS) is 18.1. The molecule has 0 atom stereocenters. The van der Waals surface area contributed by atoms with E-state index in [0.29, 0.717) is 33.3 Å². The van der Waals surface area contributed by atoms with Gasteiger partial charge in [-0.25, -0.2) is 4.90 Å². The number of methoxy groups -OCH3 is 1. The molecular formula is C24H26ClN3O3. The van der Waals surface area contributed by atoms with E-state index >= 15 is 0 Å². The van der Waals surface area contributed by atoms with Crippen LogP contribution in [-0.4, -0.2) is 62.0 Å². The van der Waals surface area contributed by atoms with Crippen LogP contribution in [0.15, 0.2) is 54.2 Å². The first-order chi connectivity index (χ1) is 14.9. The molecule has 2 aliphatic rings. The minimum absolute atomic E-state index is 0.183. The Balaban J connectivity index is 1.79. The number of anilines is 1. The second-order valence-electron chi connectivity index (χ2n) is 7.99. The molecule has 2 aliphatic heterocycles. The van der Waals surface area contributed by atoms with Crippen LogP contribution in [0, 0.1) is 0 Å². The van der Waals surface area contributed by atoms with Crippen molar-refractivity contribution in [2.24, 2.45) is 0 Å². The van der Waals surface area contributed by atoms with Crippen molar-refractivity contribution in [2.45, 2.75) is 18.9 Å². The SMILES string of the molecule is COc1ccc(C2=C(N(C)C3CCN(C)CC3)C(=O)N(c3ccccc3Cl)C2=O)cc1. The quantitative estimate of drug-likeness (QED) is 0.665. The van der Waals surface area contributed by atoms with Crippen molar-refractivity contribution in [1.29, 1.82) is 0 Å². The van der Waals surface area contributed by atoms with Crippen molar-refractivity contribution in [2.75, 3.05) is 39.2 Å². The Kier molecular flexibility index (Phi) is 6.03. The fraction of sp³-hybridized carbons (Fsp3) is 0.333. The number of hydrogen-bond donors (Lipinski definition) is 0. The minimum Gasteiger partial charge on any atom is -0.497 e. The van der Waals surface area contributed by atoms with Crippen LogP contribution in [-0.2, 0) is 9.59 Å². The maximum atomic E-state index is 13.6. The summed E-state index contributed by atoms with van der Waals surface area (Å²) >= 11 is 6.36. The Hall–Kier alpha value is -2.83. The lowest BCUT2D eigenvalue weighted by Crippen LogP contribution is -2.43. The van der Waals surface area contributed by atoms with Crippen LogP contribution in [0.3, 0.4) is 0 Å². The standard InChI is InChI=1S/C24H26ClN3O3/c1-26-14-12-17(13-15-26)27(2)22-21(16-8-10-18(31-3)11-9-16)23(29)28(24(22)30)20-7-5-4-6-19(20)25/h4-11,17H,12-15H2,1-3H3. The second-order valence-corrected chi connectivity index (χ2v) is 8.40. The Morgan fingerprint density at radius 1 is 1.00 bits per heavy atom. The lowest BCUT2D eigenvalue weighted by Gasteiger charge is -2.36. The number of piperidine rings is 1. The Morgan fingerprint density at radius 2 is 1.65 bits per heavy atom. The van der Waals surface area contributed by atoms with Crippen LogP contribution in [0.4, 0.5) is 5.69 Å². The minimum atomic E-state index is -0.363. The Bertz CT molecular complexity index is 1030. The highest BCUT2D eigenvalue weighted by Gasteiger charge is 2.43. The number of halogens is 1. The van der Waals surface area contributed by atoms with Crippen LogP contribution in [0.2, 0.25) is 5.02 Å². The van der Waals surface area contributed by atoms with Crippen LogP contribution < -0.4 is 9.64 Å². The van der Waals surface area contributed by atoms with E-state index in [1.807, 2.05) is 24.1 Å². The van der Waals surface area contributed by atoms with Gasteiger partial charge >= 0.3 is 0 Å². The number of nitrogens with zero attached hydrogens (tertiary/aromatic N) is 3. The Morgan fingerprint density at radius 3 is 2.26 bits per heavy atom. The first-order valence-electron chi connectivity index (χ1n) is 10.4. The van der Waals surface area contributed by atoms with E-state index in [-0.39, 0.29) is 17.9 Å². The van der Waals surface area contributed by atoms with Crippen LogP contribution >= 0.6 is 11.6 Å². The van der Waals surface area contributed by atoms with E-state index in [1.54, 1.807) is 43.5 Å². The second kappa shape index (κ2) is 8.73. The zero-order valence-corrected chi connectivity index (χ0v) is 18.7. The van der Waals surface area contributed by atoms with Gasteiger partial charge in [0.1, 0.15) is 11.4 Å². The van der Waals surface area contributed by atoms with Crippen LogP contribution in [0.25, 0.3) is 5.57 Å². The summed E-state index contributed by atoms with van der Waals surface area (Å²) < 4.78 is 5.25. The van der Waals surface area contributed by atoms with Gasteiger partial charge in [-0.1, -0.05) is 35.9 Å². The number of carbonyl (C=O) groups is 2. The summed E-state index contributed by atoms with van der Waals surface area (Å²) in [4.78, 5) is 32.7. The molecule has 0 aliphatic carbocycles. The average molecular weight is 440 g/mol. The zero-order valence-electron chi connectivity index (χ0n) is 18.0. The summed E-state index contributed by atoms with van der Waals surface area (Å²) in [6, 6.07) is 14.3. The number of likely N-dealkylation sites (tertiary alicyclic amines) is 1. The molecule has 0 unspecified atom stereocenters. The van der Waals surface area contributed by atoms with Gasteiger partial charge in [0, 0.05) is 13.1 Å². The highest BCUT2D eigenvalue weighted by Crippen LogP contribution is 2.38. The molecule has 2 aromatic carbocycles. The van der Waals surface area contributed by atoms with Crippen molar-refractivity contribution >= 4 is 34.7 Å². The first-order valence-corrected chi connectivity index (χ1v) is 10.7. The number of hydrogen-bond acceptors (Lipinski definition) is 5. The number of imide groups is 1. The molecule has 0 aromatic heterocycles. The van der Waals surface area contributed by atoms with Crippen molar-refractivity contribution in [1.82, 2.24) is 9.80 Å². The summed E-state index contributed by atoms with van der Waals surface area (Å²) in [6.45, 7) is 1.91. The maximum Gasteiger partial charge on any atom is 0.282 e. The average Bonchev–Trinajstić information content (AvgIpc) is 3.04. The molecule has 162 valence electrons. The topological polar surface area (TPSA) is 53.1 Å². The Labute approximate surface area is 187 Å². The molecule has 6 nitrogen and oxygen atoms in total. The predicted molar refractivity (Wildman–Crippen MR) is 122 cm³/mol. The number of rotatable bonds is 5. The molecule has 0 bridgehead atoms. The van der Waals surface area contributed by atoms with Crippen molar-refractivity contribution in [3.63, 3.8) is 0 Å². The van der Waals surface area contributed by atoms with Gasteiger partial charge in [-0.3, -0.25) is 9.59 Å². The molecule has 1 fully saturated rings. The monoisotopic (exact) mass is 439 g/mol. The fourth-order valence-corrected chi connectivity index (χ4v) is 4.50. The van der Waals surface area contributed by atoms with Crippen molar-refractivity contribution in [3.8, 4) is 5.75 Å². The van der Waals surface area contributed by atoms with E-state index in [0.717, 1.165) is 25.9 Å². The first kappa shape index (κ1) is 21.4. The highest BCUT2D eigenvalue weighted by atomic mass is 35.5. The molecule has 2 heterocycles. The summed E-state index contributed by atoms with van der Waals surface area (Å²) in [5.41, 5.74) is 1.90. The van der Waals surface area contributed by atoms with Crippen LogP contribution in [0.1, 0.15) is 18.4 Å². The van der Waals surface area contributed by atoms with Crippen molar-refractivity contribution < 1.29 is 14.3 Å². The molecule has 4 rings (SSSR count). The largest absolute Gasteiger partial charge is 0.497 e. The molecule has 1 saturated heterocycles. The smallest absolute Gasteiger partial charge is 0.282 e. The lowest BCUT2D eigenvalue weighted by atomic mass is 10.00. The molecule has 7 heteroatoms. The predicted octanol–water partition coefficient (Wildman–Crippen LogP) is 3.66. The van der Waals surface area contributed by atoms with Crippen molar-refractivity contribution in [3.05, 3.63) is 64.8 Å². The van der Waals surface area contributed by atoms with Gasteiger partial charge in [0.2, 0.25) is 0 Å². The number of likely N-dealkylation sites (N-methyl/N-ethyl adjacent to an activating group) is 1. The van der Waals surface area contributed by atoms with Gasteiger partial charge in [0.05, 0.1) is 23.4 Å². The van der Waals surface area contributed by atoms with Gasteiger partial charge in [0.25, 0.3) is 11.8 Å².